The van der Waals surface area contributed by atoms with Gasteiger partial charge in [-0.1, -0.05) is 32.6 Å². The van der Waals surface area contributed by atoms with E-state index in [1.54, 1.807) is 6.07 Å². The molecular formula is C17H24O4. The normalized spacial score (nSPS) is 13.4. The van der Waals surface area contributed by atoms with Gasteiger partial charge in [0.15, 0.2) is 0 Å². The third-order valence-electron chi connectivity index (χ3n) is 3.70. The van der Waals surface area contributed by atoms with Gasteiger partial charge in [-0.25, -0.2) is 0 Å². The second-order valence-electron chi connectivity index (χ2n) is 5.51. The Morgan fingerprint density at radius 3 is 2.90 bits per heavy atom. The number of unbranched alkanes of at least 4 members (excludes halogenated alkanes) is 4. The Hall–Kier alpha value is -1.71. The van der Waals surface area contributed by atoms with Gasteiger partial charge in [0.1, 0.15) is 17.2 Å². The van der Waals surface area contributed by atoms with Crippen LogP contribution >= 0.6 is 0 Å². The predicted octanol–water partition coefficient (Wildman–Crippen LogP) is 3.98. The first kappa shape index (κ1) is 15.7. The standard InChI is InChI=1S/C17H24O4/c1-2-3-4-5-6-9-17(19)21-13-11-15(18)14-8-7-10-20-16(14)12-13/h11-12,18H,2-10H2,1H3. The Labute approximate surface area is 126 Å². The van der Waals surface area contributed by atoms with E-state index >= 15 is 0 Å². The molecule has 0 radical (unpaired) electrons. The largest absolute Gasteiger partial charge is 0.507 e. The molecule has 0 atom stereocenters. The van der Waals surface area contributed by atoms with Gasteiger partial charge in [0.2, 0.25) is 0 Å². The lowest BCUT2D eigenvalue weighted by Crippen LogP contribution is -2.11. The first-order chi connectivity index (χ1) is 10.2. The zero-order valence-corrected chi connectivity index (χ0v) is 12.7. The lowest BCUT2D eigenvalue weighted by atomic mass is 10.1. The van der Waals surface area contributed by atoms with Gasteiger partial charge in [-0.15, -0.1) is 0 Å². The zero-order chi connectivity index (χ0) is 15.1. The lowest BCUT2D eigenvalue weighted by Gasteiger charge is -2.19. The molecule has 1 N–H and O–H groups in total. The van der Waals surface area contributed by atoms with E-state index in [2.05, 4.69) is 6.92 Å². The van der Waals surface area contributed by atoms with Crippen molar-refractivity contribution in [3.8, 4) is 17.2 Å². The number of carbonyl (C=O) groups is 1. The van der Waals surface area contributed by atoms with Crippen LogP contribution in [0, 0.1) is 0 Å². The fourth-order valence-electron chi connectivity index (χ4n) is 2.53. The summed E-state index contributed by atoms with van der Waals surface area (Å²) in [5.74, 6) is 0.901. The second-order valence-corrected chi connectivity index (χ2v) is 5.51. The third-order valence-corrected chi connectivity index (χ3v) is 3.70. The van der Waals surface area contributed by atoms with Crippen molar-refractivity contribution < 1.29 is 19.4 Å². The molecule has 1 aliphatic heterocycles. The van der Waals surface area contributed by atoms with Gasteiger partial charge in [-0.2, -0.15) is 0 Å². The molecule has 116 valence electrons. The Balaban J connectivity index is 1.85. The molecule has 1 aromatic carbocycles. The lowest BCUT2D eigenvalue weighted by molar-refractivity contribution is -0.134. The number of fused-ring (bicyclic) bond motifs is 1. The molecule has 0 aromatic heterocycles. The number of hydrogen-bond donors (Lipinski definition) is 1. The summed E-state index contributed by atoms with van der Waals surface area (Å²) in [6.45, 7) is 2.81. The van der Waals surface area contributed by atoms with Crippen molar-refractivity contribution in [2.24, 2.45) is 0 Å². The summed E-state index contributed by atoms with van der Waals surface area (Å²) in [7, 11) is 0. The van der Waals surface area contributed by atoms with Crippen molar-refractivity contribution in [2.45, 2.75) is 58.3 Å². The Morgan fingerprint density at radius 1 is 1.29 bits per heavy atom. The highest BCUT2D eigenvalue weighted by Crippen LogP contribution is 2.36. The molecule has 2 rings (SSSR count). The molecule has 0 aliphatic carbocycles. The Bertz CT molecular complexity index is 482. The number of benzene rings is 1. The molecule has 0 amide bonds. The van der Waals surface area contributed by atoms with Gasteiger partial charge in [-0.05, 0) is 19.3 Å². The highest BCUT2D eigenvalue weighted by atomic mass is 16.5. The maximum atomic E-state index is 11.8. The summed E-state index contributed by atoms with van der Waals surface area (Å²) in [6.07, 6.45) is 7.60. The van der Waals surface area contributed by atoms with E-state index in [1.807, 2.05) is 0 Å². The highest BCUT2D eigenvalue weighted by Gasteiger charge is 2.17. The zero-order valence-electron chi connectivity index (χ0n) is 12.7. The first-order valence-electron chi connectivity index (χ1n) is 7.90. The average molecular weight is 292 g/mol. The summed E-state index contributed by atoms with van der Waals surface area (Å²) >= 11 is 0. The summed E-state index contributed by atoms with van der Waals surface area (Å²) in [5.41, 5.74) is 0.806. The summed E-state index contributed by atoms with van der Waals surface area (Å²) in [5, 5.41) is 9.95. The van der Waals surface area contributed by atoms with Gasteiger partial charge in [-0.3, -0.25) is 4.79 Å². The van der Waals surface area contributed by atoms with Gasteiger partial charge in [0.25, 0.3) is 0 Å². The minimum absolute atomic E-state index is 0.151. The number of hydrogen-bond acceptors (Lipinski definition) is 4. The predicted molar refractivity (Wildman–Crippen MR) is 80.9 cm³/mol. The molecule has 0 saturated carbocycles. The van der Waals surface area contributed by atoms with E-state index in [0.717, 1.165) is 37.7 Å². The number of carbonyl (C=O) groups excluding carboxylic acids is 1. The van der Waals surface area contributed by atoms with Crippen molar-refractivity contribution in [2.75, 3.05) is 6.61 Å². The molecular weight excluding hydrogens is 268 g/mol. The van der Waals surface area contributed by atoms with E-state index in [0.29, 0.717) is 24.5 Å². The molecule has 0 spiro atoms. The molecule has 1 aromatic rings. The van der Waals surface area contributed by atoms with Crippen LogP contribution in [-0.2, 0) is 11.2 Å². The SMILES string of the molecule is CCCCCCCC(=O)Oc1cc(O)c2c(c1)OCCC2. The number of aromatic hydroxyl groups is 1. The molecule has 0 fully saturated rings. The maximum Gasteiger partial charge on any atom is 0.311 e. The smallest absolute Gasteiger partial charge is 0.311 e. The van der Waals surface area contributed by atoms with Crippen molar-refractivity contribution in [3.05, 3.63) is 17.7 Å². The molecule has 21 heavy (non-hydrogen) atoms. The van der Waals surface area contributed by atoms with Crippen LogP contribution in [0.4, 0.5) is 0 Å². The molecule has 0 saturated heterocycles. The van der Waals surface area contributed by atoms with Crippen molar-refractivity contribution in [3.63, 3.8) is 0 Å². The van der Waals surface area contributed by atoms with Gasteiger partial charge in [0.05, 0.1) is 6.61 Å². The first-order valence-corrected chi connectivity index (χ1v) is 7.90. The van der Waals surface area contributed by atoms with Gasteiger partial charge < -0.3 is 14.6 Å². The number of phenols is 1. The van der Waals surface area contributed by atoms with Crippen molar-refractivity contribution in [1.82, 2.24) is 0 Å². The van der Waals surface area contributed by atoms with Crippen LogP contribution in [0.1, 0.15) is 57.4 Å². The van der Waals surface area contributed by atoms with Crippen LogP contribution in [0.5, 0.6) is 17.2 Å². The van der Waals surface area contributed by atoms with Crippen molar-refractivity contribution >= 4 is 5.97 Å². The topological polar surface area (TPSA) is 55.8 Å². The minimum atomic E-state index is -0.248. The minimum Gasteiger partial charge on any atom is -0.507 e. The number of rotatable bonds is 7. The van der Waals surface area contributed by atoms with Crippen LogP contribution in [0.2, 0.25) is 0 Å². The quantitative estimate of drug-likeness (QED) is 0.469. The van der Waals surface area contributed by atoms with Crippen molar-refractivity contribution in [1.29, 1.82) is 0 Å². The molecule has 0 unspecified atom stereocenters. The molecule has 4 nitrogen and oxygen atoms in total. The molecule has 1 heterocycles. The summed E-state index contributed by atoms with van der Waals surface area (Å²) in [4.78, 5) is 11.8. The summed E-state index contributed by atoms with van der Waals surface area (Å²) < 4.78 is 10.8. The third kappa shape index (κ3) is 4.66. The monoisotopic (exact) mass is 292 g/mol. The fourth-order valence-corrected chi connectivity index (χ4v) is 2.53. The second kappa shape index (κ2) is 7.91. The van der Waals surface area contributed by atoms with Crippen LogP contribution in [0.25, 0.3) is 0 Å². The summed E-state index contributed by atoms with van der Waals surface area (Å²) in [6, 6.07) is 3.20. The highest BCUT2D eigenvalue weighted by molar-refractivity contribution is 5.72. The van der Waals surface area contributed by atoms with E-state index < -0.39 is 0 Å². The van der Waals surface area contributed by atoms with E-state index in [-0.39, 0.29) is 11.7 Å². The fraction of sp³-hybridized carbons (Fsp3) is 0.588. The number of phenolic OH excluding ortho intramolecular Hbond substituents is 1. The van der Waals surface area contributed by atoms with Gasteiger partial charge in [0, 0.05) is 24.1 Å². The average Bonchev–Trinajstić information content (AvgIpc) is 2.47. The van der Waals surface area contributed by atoms with Crippen LogP contribution in [-0.4, -0.2) is 17.7 Å². The number of esters is 1. The van der Waals surface area contributed by atoms with E-state index in [4.69, 9.17) is 9.47 Å². The Kier molecular flexibility index (Phi) is 5.90. The number of ether oxygens (including phenoxy) is 2. The molecule has 0 bridgehead atoms. The Morgan fingerprint density at radius 2 is 2.10 bits per heavy atom. The van der Waals surface area contributed by atoms with Crippen LogP contribution < -0.4 is 9.47 Å². The van der Waals surface area contributed by atoms with Crippen LogP contribution in [0.3, 0.4) is 0 Å². The van der Waals surface area contributed by atoms with Crippen LogP contribution in [0.15, 0.2) is 12.1 Å². The molecule has 1 aliphatic rings. The van der Waals surface area contributed by atoms with E-state index in [1.165, 1.54) is 18.9 Å². The van der Waals surface area contributed by atoms with Gasteiger partial charge >= 0.3 is 5.97 Å². The molecule has 4 heteroatoms. The maximum absolute atomic E-state index is 11.8. The van der Waals surface area contributed by atoms with E-state index in [9.17, 15) is 9.90 Å².